The van der Waals surface area contributed by atoms with Crippen LogP contribution in [0.25, 0.3) is 0 Å². The number of sulfonamides is 1. The Hall–Kier alpha value is -1.78. The van der Waals surface area contributed by atoms with Crippen molar-refractivity contribution in [2.75, 3.05) is 6.54 Å². The van der Waals surface area contributed by atoms with Gasteiger partial charge in [0.1, 0.15) is 11.4 Å². The van der Waals surface area contributed by atoms with Crippen molar-refractivity contribution in [1.82, 2.24) is 19.5 Å². The average molecular weight is 330 g/mol. The Morgan fingerprint density at radius 2 is 2.29 bits per heavy atom. The van der Waals surface area contributed by atoms with Gasteiger partial charge in [-0.05, 0) is 6.92 Å². The van der Waals surface area contributed by atoms with E-state index < -0.39 is 16.0 Å². The van der Waals surface area contributed by atoms with Crippen LogP contribution >= 0.6 is 11.3 Å². The second-order valence-corrected chi connectivity index (χ2v) is 7.01. The lowest BCUT2D eigenvalue weighted by Crippen LogP contribution is -2.25. The quantitative estimate of drug-likeness (QED) is 0.752. The molecule has 2 heterocycles. The van der Waals surface area contributed by atoms with Crippen LogP contribution in [-0.2, 0) is 27.8 Å². The number of carbonyl (C=O) groups is 1. The summed E-state index contributed by atoms with van der Waals surface area (Å²) in [6.45, 7) is 1.72. The molecule has 0 bridgehead atoms. The number of thiazole rings is 1. The Kier molecular flexibility index (Phi) is 4.70. The topological polar surface area (TPSA) is 114 Å². The summed E-state index contributed by atoms with van der Waals surface area (Å²) in [6.07, 6.45) is 2.81. The molecule has 8 nitrogen and oxygen atoms in total. The predicted molar refractivity (Wildman–Crippen MR) is 75.6 cm³/mol. The summed E-state index contributed by atoms with van der Waals surface area (Å²) in [7, 11) is -3.69. The third-order valence-corrected chi connectivity index (χ3v) is 4.96. The first-order chi connectivity index (χ1) is 9.87. The molecule has 2 N–H and O–H groups in total. The SMILES string of the molecule is Cc1csc(CCNS(=O)(=O)c2cnn(CC(=O)O)c2)n1. The van der Waals surface area contributed by atoms with Crippen LogP contribution < -0.4 is 4.72 Å². The minimum absolute atomic E-state index is 0.0564. The number of rotatable bonds is 7. The van der Waals surface area contributed by atoms with Crippen LogP contribution in [0.1, 0.15) is 10.7 Å². The van der Waals surface area contributed by atoms with Crippen molar-refractivity contribution in [3.8, 4) is 0 Å². The lowest BCUT2D eigenvalue weighted by molar-refractivity contribution is -0.137. The zero-order chi connectivity index (χ0) is 15.5. The highest BCUT2D eigenvalue weighted by atomic mass is 32.2. The standard InChI is InChI=1S/C11H14N4O4S2/c1-8-7-20-10(14-8)2-3-13-21(18,19)9-4-12-15(5-9)6-11(16)17/h4-5,7,13H,2-3,6H2,1H3,(H,16,17). The van der Waals surface area contributed by atoms with Gasteiger partial charge in [-0.1, -0.05) is 0 Å². The van der Waals surface area contributed by atoms with Gasteiger partial charge in [0.2, 0.25) is 10.0 Å². The molecule has 0 saturated carbocycles. The number of hydrogen-bond donors (Lipinski definition) is 2. The van der Waals surface area contributed by atoms with E-state index in [-0.39, 0.29) is 18.0 Å². The van der Waals surface area contributed by atoms with E-state index in [0.717, 1.165) is 21.6 Å². The third kappa shape index (κ3) is 4.34. The molecule has 2 aromatic rings. The van der Waals surface area contributed by atoms with E-state index >= 15 is 0 Å². The Labute approximate surface area is 125 Å². The third-order valence-electron chi connectivity index (χ3n) is 2.51. The highest BCUT2D eigenvalue weighted by Crippen LogP contribution is 2.10. The van der Waals surface area contributed by atoms with Gasteiger partial charge in [0.25, 0.3) is 0 Å². The molecule has 0 radical (unpaired) electrons. The van der Waals surface area contributed by atoms with Gasteiger partial charge in [0, 0.05) is 30.2 Å². The molecular weight excluding hydrogens is 316 g/mol. The Bertz CT molecular complexity index is 735. The van der Waals surface area contributed by atoms with Crippen molar-refractivity contribution in [1.29, 1.82) is 0 Å². The molecule has 2 aromatic heterocycles. The number of nitrogens with one attached hydrogen (secondary N) is 1. The summed E-state index contributed by atoms with van der Waals surface area (Å²) in [5.41, 5.74) is 0.910. The molecule has 21 heavy (non-hydrogen) atoms. The van der Waals surface area contributed by atoms with Gasteiger partial charge in [-0.25, -0.2) is 18.1 Å². The summed E-state index contributed by atoms with van der Waals surface area (Å²) in [6, 6.07) is 0. The number of carboxylic acids is 1. The predicted octanol–water partition coefficient (Wildman–Crippen LogP) is 0.254. The van der Waals surface area contributed by atoms with Crippen LogP contribution in [0, 0.1) is 6.92 Å². The van der Waals surface area contributed by atoms with Crippen LogP contribution in [-0.4, -0.2) is 40.8 Å². The van der Waals surface area contributed by atoms with Gasteiger partial charge >= 0.3 is 5.97 Å². The molecule has 0 aliphatic carbocycles. The molecule has 0 spiro atoms. The largest absolute Gasteiger partial charge is 0.480 e. The van der Waals surface area contributed by atoms with E-state index in [1.165, 1.54) is 17.5 Å². The number of hydrogen-bond acceptors (Lipinski definition) is 6. The fourth-order valence-corrected chi connectivity index (χ4v) is 3.36. The van der Waals surface area contributed by atoms with E-state index in [2.05, 4.69) is 14.8 Å². The fourth-order valence-electron chi connectivity index (χ4n) is 1.60. The molecule has 0 saturated heterocycles. The molecule has 0 amide bonds. The van der Waals surface area contributed by atoms with Crippen molar-refractivity contribution in [3.63, 3.8) is 0 Å². The summed E-state index contributed by atoms with van der Waals surface area (Å²) in [4.78, 5) is 14.7. The minimum Gasteiger partial charge on any atom is -0.480 e. The smallest absolute Gasteiger partial charge is 0.325 e. The highest BCUT2D eigenvalue weighted by molar-refractivity contribution is 7.89. The van der Waals surface area contributed by atoms with Gasteiger partial charge in [0.15, 0.2) is 0 Å². The van der Waals surface area contributed by atoms with Gasteiger partial charge in [-0.15, -0.1) is 11.3 Å². The van der Waals surface area contributed by atoms with Gasteiger partial charge in [-0.3, -0.25) is 9.48 Å². The molecule has 0 aliphatic rings. The van der Waals surface area contributed by atoms with Crippen molar-refractivity contribution in [3.05, 3.63) is 28.5 Å². The van der Waals surface area contributed by atoms with Crippen molar-refractivity contribution < 1.29 is 18.3 Å². The van der Waals surface area contributed by atoms with Crippen molar-refractivity contribution in [2.45, 2.75) is 24.8 Å². The van der Waals surface area contributed by atoms with Crippen LogP contribution in [0.3, 0.4) is 0 Å². The maximum Gasteiger partial charge on any atom is 0.325 e. The second kappa shape index (κ2) is 6.33. The highest BCUT2D eigenvalue weighted by Gasteiger charge is 2.16. The van der Waals surface area contributed by atoms with Gasteiger partial charge in [0.05, 0.1) is 11.2 Å². The van der Waals surface area contributed by atoms with E-state index in [1.54, 1.807) is 0 Å². The Morgan fingerprint density at radius 3 is 2.90 bits per heavy atom. The summed E-state index contributed by atoms with van der Waals surface area (Å²) < 4.78 is 27.5. The van der Waals surface area contributed by atoms with E-state index in [0.29, 0.717) is 6.42 Å². The van der Waals surface area contributed by atoms with Crippen LogP contribution in [0.2, 0.25) is 0 Å². The van der Waals surface area contributed by atoms with Crippen molar-refractivity contribution >= 4 is 27.3 Å². The maximum atomic E-state index is 12.0. The molecule has 114 valence electrons. The van der Waals surface area contributed by atoms with E-state index in [1.807, 2.05) is 12.3 Å². The molecular formula is C11H14N4O4S2. The summed E-state index contributed by atoms with van der Waals surface area (Å²) in [5, 5.41) is 15.1. The Morgan fingerprint density at radius 1 is 1.52 bits per heavy atom. The number of aliphatic carboxylic acids is 1. The molecule has 0 fully saturated rings. The zero-order valence-electron chi connectivity index (χ0n) is 11.2. The molecule has 0 aromatic carbocycles. The monoisotopic (exact) mass is 330 g/mol. The lowest BCUT2D eigenvalue weighted by atomic mass is 10.4. The summed E-state index contributed by atoms with van der Waals surface area (Å²) >= 11 is 1.48. The van der Waals surface area contributed by atoms with Crippen LogP contribution in [0.5, 0.6) is 0 Å². The first-order valence-corrected chi connectivity index (χ1v) is 8.38. The molecule has 10 heteroatoms. The van der Waals surface area contributed by atoms with Crippen LogP contribution in [0.15, 0.2) is 22.7 Å². The molecule has 2 rings (SSSR count). The number of aryl methyl sites for hydroxylation is 1. The normalized spacial score (nSPS) is 11.7. The maximum absolute atomic E-state index is 12.0. The van der Waals surface area contributed by atoms with E-state index in [9.17, 15) is 13.2 Å². The molecule has 0 unspecified atom stereocenters. The fraction of sp³-hybridized carbons (Fsp3) is 0.364. The number of carboxylic acid groups (broad SMARTS) is 1. The Balaban J connectivity index is 1.94. The van der Waals surface area contributed by atoms with Crippen LogP contribution in [0.4, 0.5) is 0 Å². The van der Waals surface area contributed by atoms with Gasteiger partial charge < -0.3 is 5.11 Å². The molecule has 0 aliphatic heterocycles. The summed E-state index contributed by atoms with van der Waals surface area (Å²) in [5.74, 6) is -1.09. The van der Waals surface area contributed by atoms with Gasteiger partial charge in [-0.2, -0.15) is 5.10 Å². The second-order valence-electron chi connectivity index (χ2n) is 4.30. The first kappa shape index (κ1) is 15.6. The molecule has 0 atom stereocenters. The number of aromatic nitrogens is 3. The number of nitrogens with zero attached hydrogens (tertiary/aromatic N) is 3. The van der Waals surface area contributed by atoms with E-state index in [4.69, 9.17) is 5.11 Å². The first-order valence-electron chi connectivity index (χ1n) is 6.02. The lowest BCUT2D eigenvalue weighted by Gasteiger charge is -2.02. The average Bonchev–Trinajstić information content (AvgIpc) is 2.98. The van der Waals surface area contributed by atoms with Crippen molar-refractivity contribution in [2.24, 2.45) is 0 Å². The minimum atomic E-state index is -3.69. The zero-order valence-corrected chi connectivity index (χ0v) is 12.8.